The molecule has 0 saturated heterocycles. The van der Waals surface area contributed by atoms with Crippen LogP contribution in [0.5, 0.6) is 0 Å². The Bertz CT molecular complexity index is 820. The van der Waals surface area contributed by atoms with Crippen LogP contribution in [-0.2, 0) is 0 Å². The summed E-state index contributed by atoms with van der Waals surface area (Å²) in [5.41, 5.74) is 12.3. The zero-order valence-electron chi connectivity index (χ0n) is 12.5. The van der Waals surface area contributed by atoms with Crippen molar-refractivity contribution in [2.75, 3.05) is 5.73 Å². The Morgan fingerprint density at radius 1 is 0.864 bits per heavy atom. The van der Waals surface area contributed by atoms with Crippen molar-refractivity contribution in [3.05, 3.63) is 89.5 Å². The van der Waals surface area contributed by atoms with Crippen molar-refractivity contribution in [2.45, 2.75) is 6.92 Å². The number of nitrogen functional groups attached to an aromatic ring is 1. The summed E-state index contributed by atoms with van der Waals surface area (Å²) in [6.07, 6.45) is 0. The van der Waals surface area contributed by atoms with Crippen LogP contribution in [-0.4, -0.2) is 5.71 Å². The molecule has 0 spiro atoms. The highest BCUT2D eigenvalue weighted by Crippen LogP contribution is 2.27. The summed E-state index contributed by atoms with van der Waals surface area (Å²) in [7, 11) is 0. The van der Waals surface area contributed by atoms with Gasteiger partial charge in [0, 0.05) is 16.8 Å². The van der Waals surface area contributed by atoms with Gasteiger partial charge in [-0.15, -0.1) is 0 Å². The van der Waals surface area contributed by atoms with Crippen LogP contribution >= 0.6 is 0 Å². The Morgan fingerprint density at radius 3 is 2.27 bits per heavy atom. The van der Waals surface area contributed by atoms with Crippen molar-refractivity contribution >= 4 is 11.4 Å². The van der Waals surface area contributed by atoms with E-state index in [-0.39, 0.29) is 0 Å². The SMILES string of the molecule is Cc1ccccc1-c1ccc(N)c(C(=N)c2ccccc2)c1. The number of rotatable bonds is 3. The molecule has 3 aromatic rings. The number of hydrogen-bond donors (Lipinski definition) is 2. The first-order valence-electron chi connectivity index (χ1n) is 7.26. The Morgan fingerprint density at radius 2 is 1.55 bits per heavy atom. The molecule has 0 aliphatic carbocycles. The zero-order chi connectivity index (χ0) is 15.5. The van der Waals surface area contributed by atoms with Crippen LogP contribution < -0.4 is 5.73 Å². The van der Waals surface area contributed by atoms with E-state index in [0.717, 1.165) is 16.7 Å². The summed E-state index contributed by atoms with van der Waals surface area (Å²) in [5, 5.41) is 8.44. The van der Waals surface area contributed by atoms with Gasteiger partial charge in [0.2, 0.25) is 0 Å². The third-order valence-electron chi connectivity index (χ3n) is 3.84. The molecule has 3 aromatic carbocycles. The highest BCUT2D eigenvalue weighted by Gasteiger charge is 2.10. The van der Waals surface area contributed by atoms with E-state index >= 15 is 0 Å². The van der Waals surface area contributed by atoms with Gasteiger partial charge < -0.3 is 5.73 Å². The van der Waals surface area contributed by atoms with Crippen LogP contribution in [0.25, 0.3) is 11.1 Å². The molecule has 0 heterocycles. The van der Waals surface area contributed by atoms with E-state index in [1.54, 1.807) is 0 Å². The average Bonchev–Trinajstić information content (AvgIpc) is 2.56. The fraction of sp³-hybridized carbons (Fsp3) is 0.0500. The van der Waals surface area contributed by atoms with Crippen molar-refractivity contribution in [2.24, 2.45) is 0 Å². The van der Waals surface area contributed by atoms with Crippen LogP contribution in [0, 0.1) is 12.3 Å². The summed E-state index contributed by atoms with van der Waals surface area (Å²) < 4.78 is 0. The Kier molecular flexibility index (Phi) is 3.75. The second-order valence-electron chi connectivity index (χ2n) is 5.36. The molecule has 0 aliphatic heterocycles. The minimum absolute atomic E-state index is 0.452. The van der Waals surface area contributed by atoms with Gasteiger partial charge in [-0.25, -0.2) is 0 Å². The van der Waals surface area contributed by atoms with E-state index in [1.807, 2.05) is 60.7 Å². The highest BCUT2D eigenvalue weighted by atomic mass is 14.6. The summed E-state index contributed by atoms with van der Waals surface area (Å²) >= 11 is 0. The van der Waals surface area contributed by atoms with Gasteiger partial charge in [-0.1, -0.05) is 60.7 Å². The topological polar surface area (TPSA) is 49.9 Å². The molecule has 0 unspecified atom stereocenters. The number of benzene rings is 3. The maximum Gasteiger partial charge on any atom is 0.0705 e. The molecule has 2 nitrogen and oxygen atoms in total. The van der Waals surface area contributed by atoms with Gasteiger partial charge in [0.05, 0.1) is 5.71 Å². The molecule has 0 atom stereocenters. The van der Waals surface area contributed by atoms with Crippen LogP contribution in [0.2, 0.25) is 0 Å². The monoisotopic (exact) mass is 286 g/mol. The van der Waals surface area contributed by atoms with Crippen molar-refractivity contribution < 1.29 is 0 Å². The third kappa shape index (κ3) is 2.63. The van der Waals surface area contributed by atoms with E-state index < -0.39 is 0 Å². The number of aryl methyl sites for hydroxylation is 1. The smallest absolute Gasteiger partial charge is 0.0705 e. The summed E-state index contributed by atoms with van der Waals surface area (Å²) in [6, 6.07) is 23.8. The number of nitrogens with one attached hydrogen (secondary N) is 1. The summed E-state index contributed by atoms with van der Waals surface area (Å²) in [6.45, 7) is 2.09. The number of nitrogens with two attached hydrogens (primary N) is 1. The molecule has 3 rings (SSSR count). The molecule has 2 heteroatoms. The molecule has 0 aliphatic rings. The average molecular weight is 286 g/mol. The first kappa shape index (κ1) is 14.1. The van der Waals surface area contributed by atoms with Gasteiger partial charge in [-0.2, -0.15) is 0 Å². The Hall–Kier alpha value is -2.87. The first-order chi connectivity index (χ1) is 10.7. The standard InChI is InChI=1S/C20H18N2/c1-14-7-5-6-10-17(14)16-11-12-19(21)18(13-16)20(22)15-8-3-2-4-9-15/h2-13,22H,21H2,1H3. The molecule has 3 N–H and O–H groups in total. The summed E-state index contributed by atoms with van der Waals surface area (Å²) in [5.74, 6) is 0. The Balaban J connectivity index is 2.08. The largest absolute Gasteiger partial charge is 0.398 e. The Labute approximate surface area is 130 Å². The maximum absolute atomic E-state index is 8.44. The zero-order valence-corrected chi connectivity index (χ0v) is 12.5. The van der Waals surface area contributed by atoms with Gasteiger partial charge in [0.25, 0.3) is 0 Å². The predicted octanol–water partition coefficient (Wildman–Crippen LogP) is 4.66. The lowest BCUT2D eigenvalue weighted by atomic mass is 9.94. The van der Waals surface area contributed by atoms with Gasteiger partial charge in [0.1, 0.15) is 0 Å². The van der Waals surface area contributed by atoms with Crippen molar-refractivity contribution in [3.63, 3.8) is 0 Å². The second-order valence-corrected chi connectivity index (χ2v) is 5.36. The van der Waals surface area contributed by atoms with Crippen LogP contribution in [0.1, 0.15) is 16.7 Å². The molecular weight excluding hydrogens is 268 g/mol. The molecule has 0 bridgehead atoms. The third-order valence-corrected chi connectivity index (χ3v) is 3.84. The lowest BCUT2D eigenvalue weighted by Crippen LogP contribution is -2.05. The van der Waals surface area contributed by atoms with Crippen LogP contribution in [0.4, 0.5) is 5.69 Å². The fourth-order valence-electron chi connectivity index (χ4n) is 2.60. The minimum atomic E-state index is 0.452. The van der Waals surface area contributed by atoms with Crippen molar-refractivity contribution in [1.82, 2.24) is 0 Å². The van der Waals surface area contributed by atoms with Gasteiger partial charge in [-0.05, 0) is 35.7 Å². The maximum atomic E-state index is 8.44. The van der Waals surface area contributed by atoms with Gasteiger partial charge in [-0.3, -0.25) is 5.41 Å². The van der Waals surface area contributed by atoms with Crippen molar-refractivity contribution in [1.29, 1.82) is 5.41 Å². The second kappa shape index (κ2) is 5.86. The van der Waals surface area contributed by atoms with E-state index in [1.165, 1.54) is 11.1 Å². The highest BCUT2D eigenvalue weighted by molar-refractivity contribution is 6.14. The molecular formula is C20H18N2. The van der Waals surface area contributed by atoms with Crippen LogP contribution in [0.15, 0.2) is 72.8 Å². The quantitative estimate of drug-likeness (QED) is 0.534. The lowest BCUT2D eigenvalue weighted by Gasteiger charge is -2.12. The molecule has 0 saturated carbocycles. The molecule has 0 radical (unpaired) electrons. The van der Waals surface area contributed by atoms with E-state index in [4.69, 9.17) is 11.1 Å². The molecule has 0 amide bonds. The van der Waals surface area contributed by atoms with Gasteiger partial charge >= 0.3 is 0 Å². The number of anilines is 1. The molecule has 0 fully saturated rings. The summed E-state index contributed by atoms with van der Waals surface area (Å²) in [4.78, 5) is 0. The van der Waals surface area contributed by atoms with Crippen LogP contribution in [0.3, 0.4) is 0 Å². The fourth-order valence-corrected chi connectivity index (χ4v) is 2.60. The molecule has 22 heavy (non-hydrogen) atoms. The van der Waals surface area contributed by atoms with Crippen molar-refractivity contribution in [3.8, 4) is 11.1 Å². The number of hydrogen-bond acceptors (Lipinski definition) is 2. The normalized spacial score (nSPS) is 10.4. The minimum Gasteiger partial charge on any atom is -0.398 e. The van der Waals surface area contributed by atoms with E-state index in [9.17, 15) is 0 Å². The first-order valence-corrected chi connectivity index (χ1v) is 7.26. The van der Waals surface area contributed by atoms with E-state index in [2.05, 4.69) is 19.1 Å². The van der Waals surface area contributed by atoms with E-state index in [0.29, 0.717) is 11.4 Å². The lowest BCUT2D eigenvalue weighted by molar-refractivity contribution is 1.43. The predicted molar refractivity (Wildman–Crippen MR) is 93.4 cm³/mol. The molecule has 0 aromatic heterocycles. The molecule has 108 valence electrons. The van der Waals surface area contributed by atoms with Gasteiger partial charge in [0.15, 0.2) is 0 Å².